The Bertz CT molecular complexity index is 2030. The lowest BCUT2D eigenvalue weighted by Crippen LogP contribution is -1.85. The van der Waals surface area contributed by atoms with E-state index in [1.807, 2.05) is 22.7 Å². The Hall–Kier alpha value is -3.72. The van der Waals surface area contributed by atoms with E-state index in [1.165, 1.54) is 73.4 Å². The van der Waals surface area contributed by atoms with Gasteiger partial charge in [-0.2, -0.15) is 0 Å². The lowest BCUT2D eigenvalue weighted by molar-refractivity contribution is 1.04. The molecule has 170 valence electrons. The molecule has 5 aromatic carbocycles. The van der Waals surface area contributed by atoms with Crippen molar-refractivity contribution < 1.29 is 0 Å². The maximum Gasteiger partial charge on any atom is 0.0540 e. The van der Waals surface area contributed by atoms with Crippen LogP contribution in [0.25, 0.3) is 67.8 Å². The Morgan fingerprint density at radius 3 is 1.75 bits per heavy atom. The molecule has 1 aliphatic rings. The van der Waals surface area contributed by atoms with E-state index < -0.39 is 0 Å². The molecule has 8 rings (SSSR count). The SMILES string of the molecule is C1=CC(c2ccc3c(c2)sc2c4sc5cc(-c6ccccc6)ccc5c4c4ccccc4c32)=CCC1. The van der Waals surface area contributed by atoms with Crippen LogP contribution in [-0.4, -0.2) is 0 Å². The molecule has 2 aromatic heterocycles. The van der Waals surface area contributed by atoms with Crippen LogP contribution in [0.2, 0.25) is 0 Å². The maximum atomic E-state index is 2.41. The molecule has 36 heavy (non-hydrogen) atoms. The van der Waals surface area contributed by atoms with Gasteiger partial charge in [0.25, 0.3) is 0 Å². The molecular formula is C34H22S2. The Labute approximate surface area is 217 Å². The second-order valence-electron chi connectivity index (χ2n) is 9.59. The van der Waals surface area contributed by atoms with E-state index in [-0.39, 0.29) is 0 Å². The minimum atomic E-state index is 1.13. The normalized spacial score (nSPS) is 13.9. The minimum Gasteiger partial charge on any atom is -0.134 e. The summed E-state index contributed by atoms with van der Waals surface area (Å²) >= 11 is 3.91. The van der Waals surface area contributed by atoms with Gasteiger partial charge in [0.2, 0.25) is 0 Å². The highest BCUT2D eigenvalue weighted by atomic mass is 32.1. The summed E-state index contributed by atoms with van der Waals surface area (Å²) in [6.07, 6.45) is 9.23. The lowest BCUT2D eigenvalue weighted by Gasteiger charge is -2.07. The van der Waals surface area contributed by atoms with Crippen LogP contribution in [0.1, 0.15) is 18.4 Å². The number of benzene rings is 5. The second kappa shape index (κ2) is 7.89. The van der Waals surface area contributed by atoms with Crippen LogP contribution < -0.4 is 0 Å². The summed E-state index contributed by atoms with van der Waals surface area (Å²) in [7, 11) is 0. The summed E-state index contributed by atoms with van der Waals surface area (Å²) in [4.78, 5) is 0. The van der Waals surface area contributed by atoms with Gasteiger partial charge in [-0.3, -0.25) is 0 Å². The smallest absolute Gasteiger partial charge is 0.0540 e. The highest BCUT2D eigenvalue weighted by Gasteiger charge is 2.18. The summed E-state index contributed by atoms with van der Waals surface area (Å²) in [6.45, 7) is 0. The van der Waals surface area contributed by atoms with E-state index in [2.05, 4.69) is 109 Å². The monoisotopic (exact) mass is 494 g/mol. The fourth-order valence-electron chi connectivity index (χ4n) is 5.78. The molecule has 0 N–H and O–H groups in total. The van der Waals surface area contributed by atoms with Crippen LogP contribution in [0, 0.1) is 0 Å². The minimum absolute atomic E-state index is 1.13. The molecule has 0 amide bonds. The third kappa shape index (κ3) is 2.98. The Balaban J connectivity index is 1.46. The number of thiophene rings is 2. The molecule has 0 spiro atoms. The van der Waals surface area contributed by atoms with Crippen molar-refractivity contribution in [2.75, 3.05) is 0 Å². The maximum absolute atomic E-state index is 2.41. The van der Waals surface area contributed by atoms with Gasteiger partial charge >= 0.3 is 0 Å². The molecule has 2 heterocycles. The third-order valence-corrected chi connectivity index (χ3v) is 9.96. The molecule has 7 aromatic rings. The largest absolute Gasteiger partial charge is 0.134 e. The van der Waals surface area contributed by atoms with Crippen LogP contribution in [0.4, 0.5) is 0 Å². The van der Waals surface area contributed by atoms with Crippen LogP contribution >= 0.6 is 22.7 Å². The van der Waals surface area contributed by atoms with Crippen molar-refractivity contribution in [1.29, 1.82) is 0 Å². The molecule has 1 aliphatic carbocycles. The summed E-state index contributed by atoms with van der Waals surface area (Å²) in [5.74, 6) is 0. The fraction of sp³-hybridized carbons (Fsp3) is 0.0588. The van der Waals surface area contributed by atoms with Crippen molar-refractivity contribution in [1.82, 2.24) is 0 Å². The Morgan fingerprint density at radius 2 is 1.11 bits per heavy atom. The van der Waals surface area contributed by atoms with E-state index in [4.69, 9.17) is 0 Å². The molecule has 0 fully saturated rings. The number of hydrogen-bond donors (Lipinski definition) is 0. The average Bonchev–Trinajstić information content (AvgIpc) is 3.52. The summed E-state index contributed by atoms with van der Waals surface area (Å²) in [5.41, 5.74) is 5.23. The molecular weight excluding hydrogens is 473 g/mol. The summed E-state index contributed by atoms with van der Waals surface area (Å²) < 4.78 is 5.58. The van der Waals surface area contributed by atoms with E-state index in [9.17, 15) is 0 Å². The zero-order chi connectivity index (χ0) is 23.6. The van der Waals surface area contributed by atoms with Crippen LogP contribution in [0.3, 0.4) is 0 Å². The van der Waals surface area contributed by atoms with E-state index in [1.54, 1.807) is 0 Å². The number of allylic oxidation sites excluding steroid dienone is 4. The van der Waals surface area contributed by atoms with Crippen molar-refractivity contribution >= 4 is 79.4 Å². The zero-order valence-electron chi connectivity index (χ0n) is 19.6. The first-order chi connectivity index (χ1) is 17.8. The lowest BCUT2D eigenvalue weighted by atomic mass is 9.96. The van der Waals surface area contributed by atoms with Crippen LogP contribution in [0.5, 0.6) is 0 Å². The van der Waals surface area contributed by atoms with Crippen LogP contribution in [0.15, 0.2) is 109 Å². The van der Waals surface area contributed by atoms with Gasteiger partial charge in [-0.25, -0.2) is 0 Å². The van der Waals surface area contributed by atoms with Gasteiger partial charge in [0.1, 0.15) is 0 Å². The van der Waals surface area contributed by atoms with Gasteiger partial charge in [-0.15, -0.1) is 22.7 Å². The highest BCUT2D eigenvalue weighted by molar-refractivity contribution is 7.33. The molecule has 0 nitrogen and oxygen atoms in total. The fourth-order valence-corrected chi connectivity index (χ4v) is 8.44. The first-order valence-electron chi connectivity index (χ1n) is 12.5. The second-order valence-corrected chi connectivity index (χ2v) is 11.7. The zero-order valence-corrected chi connectivity index (χ0v) is 21.3. The Morgan fingerprint density at radius 1 is 0.500 bits per heavy atom. The van der Waals surface area contributed by atoms with Crippen molar-refractivity contribution in [3.05, 3.63) is 115 Å². The molecule has 0 radical (unpaired) electrons. The van der Waals surface area contributed by atoms with Gasteiger partial charge in [-0.05, 0) is 58.0 Å². The first-order valence-corrected chi connectivity index (χ1v) is 14.1. The summed E-state index contributed by atoms with van der Waals surface area (Å²) in [6, 6.07) is 33.8. The van der Waals surface area contributed by atoms with Crippen molar-refractivity contribution in [2.45, 2.75) is 12.8 Å². The van der Waals surface area contributed by atoms with E-state index >= 15 is 0 Å². The first kappa shape index (κ1) is 20.5. The number of fused-ring (bicyclic) bond motifs is 10. The molecule has 0 aliphatic heterocycles. The standard InChI is InChI=1S/C34H22S2/c1-3-9-21(10-4-1)23-15-17-27-29(19-23)35-33-31(27)25-13-7-8-14-26(25)32-28-18-16-24(20-30(28)36-34(32)33)22-11-5-2-6-12-22/h1,3-5,7-20H,2,6H2. The predicted octanol–water partition coefficient (Wildman–Crippen LogP) is 11.0. The molecule has 0 bridgehead atoms. The van der Waals surface area contributed by atoms with Crippen molar-refractivity contribution in [2.24, 2.45) is 0 Å². The van der Waals surface area contributed by atoms with E-state index in [0.717, 1.165) is 12.8 Å². The average molecular weight is 495 g/mol. The van der Waals surface area contributed by atoms with E-state index in [0.29, 0.717) is 0 Å². The summed E-state index contributed by atoms with van der Waals surface area (Å²) in [5, 5.41) is 8.28. The van der Waals surface area contributed by atoms with Gasteiger partial charge < -0.3 is 0 Å². The molecule has 2 heteroatoms. The molecule has 0 saturated heterocycles. The van der Waals surface area contributed by atoms with Crippen molar-refractivity contribution in [3.63, 3.8) is 0 Å². The van der Waals surface area contributed by atoms with Crippen LogP contribution in [-0.2, 0) is 0 Å². The molecule has 0 atom stereocenters. The van der Waals surface area contributed by atoms with Crippen molar-refractivity contribution in [3.8, 4) is 11.1 Å². The topological polar surface area (TPSA) is 0 Å². The number of rotatable bonds is 2. The third-order valence-electron chi connectivity index (χ3n) is 7.49. The van der Waals surface area contributed by atoms with Gasteiger partial charge in [0.05, 0.1) is 9.40 Å². The van der Waals surface area contributed by atoms with Gasteiger partial charge in [-0.1, -0.05) is 97.1 Å². The molecule has 0 unspecified atom stereocenters. The van der Waals surface area contributed by atoms with Gasteiger partial charge in [0.15, 0.2) is 0 Å². The Kier molecular flexibility index (Phi) is 4.49. The quantitative estimate of drug-likeness (QED) is 0.224. The highest BCUT2D eigenvalue weighted by Crippen LogP contribution is 2.49. The predicted molar refractivity (Wildman–Crippen MR) is 162 cm³/mol. The van der Waals surface area contributed by atoms with Gasteiger partial charge in [0, 0.05) is 30.9 Å². The molecule has 0 saturated carbocycles. The number of hydrogen-bond acceptors (Lipinski definition) is 2.